The number of rotatable bonds is 5. The maximum absolute atomic E-state index is 14.2. The Labute approximate surface area is 201 Å². The maximum Gasteiger partial charge on any atom is 0.434 e. The summed E-state index contributed by atoms with van der Waals surface area (Å²) >= 11 is 0. The number of fused-ring (bicyclic) bond motifs is 1. The first-order chi connectivity index (χ1) is 16.6. The van der Waals surface area contributed by atoms with E-state index in [1.54, 1.807) is 32.9 Å². The number of carbonyl (C=O) groups is 1. The lowest BCUT2D eigenvalue weighted by molar-refractivity contribution is 0.0588. The van der Waals surface area contributed by atoms with Crippen LogP contribution < -0.4 is 26.2 Å². The number of benzene rings is 2. The molecule has 2 heterocycles. The fourth-order valence-electron chi connectivity index (χ4n) is 3.48. The molecule has 0 radical (unpaired) electrons. The molecule has 0 aliphatic carbocycles. The summed E-state index contributed by atoms with van der Waals surface area (Å²) in [6, 6.07) is 9.66. The molecule has 0 fully saturated rings. The first-order valence-corrected chi connectivity index (χ1v) is 11.0. The molecule has 184 valence electrons. The number of hydrogen-bond donors (Lipinski definition) is 3. The van der Waals surface area contributed by atoms with Gasteiger partial charge in [0, 0.05) is 12.0 Å². The topological polar surface area (TPSA) is 115 Å². The Hall–Kier alpha value is -4.15. The number of hydrazine groups is 1. The number of nitrogens with zero attached hydrogens (tertiary/aromatic N) is 3. The third-order valence-electron chi connectivity index (χ3n) is 5.03. The average Bonchev–Trinajstić information content (AvgIpc) is 2.80. The van der Waals surface area contributed by atoms with E-state index in [9.17, 15) is 13.6 Å². The molecule has 9 nitrogen and oxygen atoms in total. The Kier molecular flexibility index (Phi) is 6.59. The highest BCUT2D eigenvalue weighted by Crippen LogP contribution is 2.36. The van der Waals surface area contributed by atoms with Gasteiger partial charge in [0.15, 0.2) is 17.4 Å². The van der Waals surface area contributed by atoms with Crippen molar-refractivity contribution in [2.24, 2.45) is 0 Å². The van der Waals surface area contributed by atoms with Crippen molar-refractivity contribution < 1.29 is 23.0 Å². The highest BCUT2D eigenvalue weighted by Gasteiger charge is 2.27. The quantitative estimate of drug-likeness (QED) is 0.432. The average molecular weight is 485 g/mol. The number of carbonyl (C=O) groups excluding carboxylic acids is 1. The molecule has 35 heavy (non-hydrogen) atoms. The summed E-state index contributed by atoms with van der Waals surface area (Å²) in [4.78, 5) is 21.5. The second kappa shape index (κ2) is 9.61. The number of nitrogen functional groups attached to an aromatic ring is 1. The number of anilines is 4. The standard InChI is InChI=1S/C24H26F2N6O3/c1-24(2,3)35-23(33)32(15-9-7-14(25)8-10-15)31-22-28-13-18(27)21(30-22)29-19-11-12-34-20-16(19)5-4-6-17(20)26/h4-10,13,19H,11-12,27H2,1-3H3,(H2,28,29,30,31). The lowest BCUT2D eigenvalue weighted by Crippen LogP contribution is -2.41. The molecule has 1 aliphatic rings. The van der Waals surface area contributed by atoms with E-state index in [0.29, 0.717) is 24.3 Å². The van der Waals surface area contributed by atoms with Gasteiger partial charge < -0.3 is 20.5 Å². The summed E-state index contributed by atoms with van der Waals surface area (Å²) in [5, 5.41) is 4.28. The fraction of sp³-hybridized carbons (Fsp3) is 0.292. The van der Waals surface area contributed by atoms with Crippen LogP contribution >= 0.6 is 0 Å². The van der Waals surface area contributed by atoms with Crippen molar-refractivity contribution >= 4 is 29.2 Å². The third kappa shape index (κ3) is 5.68. The first-order valence-electron chi connectivity index (χ1n) is 11.0. The maximum atomic E-state index is 14.2. The Balaban J connectivity index is 1.61. The van der Waals surface area contributed by atoms with E-state index < -0.39 is 23.3 Å². The number of aromatic nitrogens is 2. The number of para-hydroxylation sites is 1. The zero-order valence-electron chi connectivity index (χ0n) is 19.5. The second-order valence-electron chi connectivity index (χ2n) is 8.89. The van der Waals surface area contributed by atoms with E-state index in [1.807, 2.05) is 0 Å². The van der Waals surface area contributed by atoms with Crippen molar-refractivity contribution in [1.82, 2.24) is 9.97 Å². The fourth-order valence-corrected chi connectivity index (χ4v) is 3.48. The molecule has 4 rings (SSSR count). The van der Waals surface area contributed by atoms with Crippen LogP contribution in [0.3, 0.4) is 0 Å². The molecule has 11 heteroatoms. The van der Waals surface area contributed by atoms with E-state index in [2.05, 4.69) is 20.7 Å². The van der Waals surface area contributed by atoms with Gasteiger partial charge >= 0.3 is 6.09 Å². The monoisotopic (exact) mass is 484 g/mol. The SMILES string of the molecule is CC(C)(C)OC(=O)N(Nc1ncc(N)c(NC2CCOc3c(F)cccc32)n1)c1ccc(F)cc1. The van der Waals surface area contributed by atoms with Crippen LogP contribution in [0, 0.1) is 11.6 Å². The van der Waals surface area contributed by atoms with Crippen molar-refractivity contribution in [3.8, 4) is 5.75 Å². The summed E-state index contributed by atoms with van der Waals surface area (Å²) in [5.41, 5.74) is 9.32. The minimum atomic E-state index is -0.780. The molecule has 0 bridgehead atoms. The highest BCUT2D eigenvalue weighted by atomic mass is 19.1. The molecule has 3 aromatic rings. The molecule has 4 N–H and O–H groups in total. The lowest BCUT2D eigenvalue weighted by Gasteiger charge is -2.29. The van der Waals surface area contributed by atoms with Gasteiger partial charge in [0.1, 0.15) is 11.4 Å². The molecule has 0 saturated carbocycles. The number of nitrogens with one attached hydrogen (secondary N) is 2. The van der Waals surface area contributed by atoms with Crippen LogP contribution in [0.4, 0.5) is 36.7 Å². The normalized spacial score (nSPS) is 14.9. The Morgan fingerprint density at radius 3 is 2.66 bits per heavy atom. The van der Waals surface area contributed by atoms with Crippen molar-refractivity contribution in [2.45, 2.75) is 38.8 Å². The van der Waals surface area contributed by atoms with Gasteiger partial charge in [-0.2, -0.15) is 9.99 Å². The van der Waals surface area contributed by atoms with Gasteiger partial charge in [0.05, 0.1) is 30.2 Å². The van der Waals surface area contributed by atoms with Crippen molar-refractivity contribution in [3.63, 3.8) is 0 Å². The lowest BCUT2D eigenvalue weighted by atomic mass is 10.0. The van der Waals surface area contributed by atoms with E-state index in [4.69, 9.17) is 15.2 Å². The van der Waals surface area contributed by atoms with Crippen LogP contribution in [-0.2, 0) is 4.74 Å². The van der Waals surface area contributed by atoms with Crippen LogP contribution in [0.2, 0.25) is 0 Å². The minimum Gasteiger partial charge on any atom is -0.490 e. The van der Waals surface area contributed by atoms with Gasteiger partial charge in [-0.15, -0.1) is 0 Å². The largest absolute Gasteiger partial charge is 0.490 e. The van der Waals surface area contributed by atoms with E-state index in [-0.39, 0.29) is 29.2 Å². The predicted octanol–water partition coefficient (Wildman–Crippen LogP) is 5.04. The summed E-state index contributed by atoms with van der Waals surface area (Å²) in [5.74, 6) is -0.397. The van der Waals surface area contributed by atoms with Gasteiger partial charge in [-0.1, -0.05) is 12.1 Å². The van der Waals surface area contributed by atoms with Gasteiger partial charge in [0.25, 0.3) is 0 Å². The molecular formula is C24H26F2N6O3. The second-order valence-corrected chi connectivity index (χ2v) is 8.89. The molecular weight excluding hydrogens is 458 g/mol. The summed E-state index contributed by atoms with van der Waals surface area (Å²) in [6.45, 7) is 5.50. The smallest absolute Gasteiger partial charge is 0.434 e. The number of hydrogen-bond acceptors (Lipinski definition) is 8. The zero-order chi connectivity index (χ0) is 25.2. The Morgan fingerprint density at radius 1 is 1.20 bits per heavy atom. The van der Waals surface area contributed by atoms with Crippen molar-refractivity contribution in [1.29, 1.82) is 0 Å². The molecule has 0 spiro atoms. The van der Waals surface area contributed by atoms with Crippen LogP contribution in [-0.4, -0.2) is 28.3 Å². The molecule has 2 aromatic carbocycles. The zero-order valence-corrected chi connectivity index (χ0v) is 19.5. The Bertz CT molecular complexity index is 1220. The summed E-state index contributed by atoms with van der Waals surface area (Å²) < 4.78 is 38.6. The number of ether oxygens (including phenoxy) is 2. The molecule has 1 atom stereocenters. The van der Waals surface area contributed by atoms with Crippen LogP contribution in [0.25, 0.3) is 0 Å². The predicted molar refractivity (Wildman–Crippen MR) is 128 cm³/mol. The van der Waals surface area contributed by atoms with Gasteiger partial charge in [0.2, 0.25) is 5.95 Å². The Morgan fingerprint density at radius 2 is 1.94 bits per heavy atom. The number of amides is 1. The van der Waals surface area contributed by atoms with Gasteiger partial charge in [-0.3, -0.25) is 5.43 Å². The van der Waals surface area contributed by atoms with E-state index in [0.717, 1.165) is 5.01 Å². The molecule has 1 aromatic heterocycles. The van der Waals surface area contributed by atoms with Gasteiger partial charge in [-0.05, 0) is 51.1 Å². The summed E-state index contributed by atoms with van der Waals surface area (Å²) in [7, 11) is 0. The van der Waals surface area contributed by atoms with E-state index >= 15 is 0 Å². The molecule has 1 aliphatic heterocycles. The third-order valence-corrected chi connectivity index (χ3v) is 5.03. The first kappa shape index (κ1) is 24.0. The molecule has 0 saturated heterocycles. The van der Waals surface area contributed by atoms with Crippen molar-refractivity contribution in [3.05, 3.63) is 65.9 Å². The molecule has 1 amide bonds. The van der Waals surface area contributed by atoms with Crippen LogP contribution in [0.15, 0.2) is 48.7 Å². The minimum absolute atomic E-state index is 0.0309. The number of nitrogens with two attached hydrogens (primary N) is 1. The van der Waals surface area contributed by atoms with E-state index in [1.165, 1.54) is 36.5 Å². The van der Waals surface area contributed by atoms with Crippen LogP contribution in [0.1, 0.15) is 38.8 Å². The van der Waals surface area contributed by atoms with Crippen LogP contribution in [0.5, 0.6) is 5.75 Å². The number of halogens is 2. The summed E-state index contributed by atoms with van der Waals surface area (Å²) in [6.07, 6.45) is 1.19. The van der Waals surface area contributed by atoms with Gasteiger partial charge in [-0.25, -0.2) is 18.6 Å². The van der Waals surface area contributed by atoms with Crippen molar-refractivity contribution in [2.75, 3.05) is 28.1 Å². The highest BCUT2D eigenvalue weighted by molar-refractivity contribution is 5.89. The molecule has 1 unspecified atom stereocenters.